The molecule has 22 heavy (non-hydrogen) atoms. The molecule has 6 nitrogen and oxygen atoms in total. The highest BCUT2D eigenvalue weighted by molar-refractivity contribution is 5.91. The van der Waals surface area contributed by atoms with Crippen molar-refractivity contribution >= 4 is 11.6 Å². The molecule has 116 valence electrons. The largest absolute Gasteiger partial charge is 0.326 e. The van der Waals surface area contributed by atoms with Crippen LogP contribution in [0, 0.1) is 5.92 Å². The van der Waals surface area contributed by atoms with Gasteiger partial charge in [-0.15, -0.1) is 5.10 Å². The Hall–Kier alpha value is -2.24. The Morgan fingerprint density at radius 2 is 1.95 bits per heavy atom. The number of hydrogen-bond donors (Lipinski definition) is 1. The Morgan fingerprint density at radius 1 is 1.23 bits per heavy atom. The summed E-state index contributed by atoms with van der Waals surface area (Å²) in [6, 6.07) is 7.62. The molecule has 0 aliphatic heterocycles. The molecule has 1 aliphatic rings. The summed E-state index contributed by atoms with van der Waals surface area (Å²) < 4.78 is 1.62. The van der Waals surface area contributed by atoms with Gasteiger partial charge in [-0.2, -0.15) is 0 Å². The van der Waals surface area contributed by atoms with E-state index in [1.165, 1.54) is 32.1 Å². The SMILES string of the molecule is Cn1nnnc1-c1ccc(NC(=O)CC2CCCCC2)cc1. The fraction of sp³-hybridized carbons (Fsp3) is 0.500. The minimum atomic E-state index is 0.111. The molecular formula is C16H21N5O. The van der Waals surface area contributed by atoms with Crippen molar-refractivity contribution in [2.75, 3.05) is 5.32 Å². The highest BCUT2D eigenvalue weighted by Crippen LogP contribution is 2.26. The van der Waals surface area contributed by atoms with Crippen molar-refractivity contribution in [3.05, 3.63) is 24.3 Å². The minimum absolute atomic E-state index is 0.111. The van der Waals surface area contributed by atoms with E-state index >= 15 is 0 Å². The van der Waals surface area contributed by atoms with Gasteiger partial charge in [-0.1, -0.05) is 19.3 Å². The van der Waals surface area contributed by atoms with Crippen molar-refractivity contribution in [1.82, 2.24) is 20.2 Å². The third-order valence-corrected chi connectivity index (χ3v) is 4.25. The van der Waals surface area contributed by atoms with E-state index in [9.17, 15) is 4.79 Å². The van der Waals surface area contributed by atoms with E-state index in [0.717, 1.165) is 11.3 Å². The predicted molar refractivity (Wildman–Crippen MR) is 84.1 cm³/mol. The second kappa shape index (κ2) is 6.68. The number of nitrogens with one attached hydrogen (secondary N) is 1. The molecule has 1 fully saturated rings. The van der Waals surface area contributed by atoms with Crippen LogP contribution in [0.3, 0.4) is 0 Å². The number of benzene rings is 1. The molecule has 2 aromatic rings. The fourth-order valence-electron chi connectivity index (χ4n) is 3.04. The molecule has 0 saturated heterocycles. The van der Waals surface area contributed by atoms with Gasteiger partial charge in [0.25, 0.3) is 0 Å². The summed E-state index contributed by atoms with van der Waals surface area (Å²) in [4.78, 5) is 12.1. The van der Waals surface area contributed by atoms with E-state index in [0.29, 0.717) is 18.2 Å². The fourth-order valence-corrected chi connectivity index (χ4v) is 3.04. The molecule has 1 aliphatic carbocycles. The Bertz CT molecular complexity index is 628. The van der Waals surface area contributed by atoms with Gasteiger partial charge in [0.15, 0.2) is 5.82 Å². The third-order valence-electron chi connectivity index (χ3n) is 4.25. The molecule has 1 aromatic heterocycles. The minimum Gasteiger partial charge on any atom is -0.326 e. The maximum atomic E-state index is 12.1. The van der Waals surface area contributed by atoms with Crippen LogP contribution in [0.2, 0.25) is 0 Å². The normalized spacial score (nSPS) is 15.7. The number of carbonyl (C=O) groups excluding carboxylic acids is 1. The van der Waals surface area contributed by atoms with Gasteiger partial charge in [0.2, 0.25) is 5.91 Å². The number of aryl methyl sites for hydroxylation is 1. The second-order valence-electron chi connectivity index (χ2n) is 5.96. The van der Waals surface area contributed by atoms with Crippen LogP contribution in [-0.4, -0.2) is 26.1 Å². The number of amides is 1. The molecule has 1 amide bonds. The molecule has 0 atom stereocenters. The van der Waals surface area contributed by atoms with Crippen LogP contribution in [0.4, 0.5) is 5.69 Å². The summed E-state index contributed by atoms with van der Waals surface area (Å²) in [5, 5.41) is 14.4. The first kappa shape index (κ1) is 14.7. The van der Waals surface area contributed by atoms with Crippen LogP contribution >= 0.6 is 0 Å². The number of rotatable bonds is 4. The van der Waals surface area contributed by atoms with Crippen LogP contribution in [0.5, 0.6) is 0 Å². The number of nitrogens with zero attached hydrogens (tertiary/aromatic N) is 4. The van der Waals surface area contributed by atoms with Gasteiger partial charge < -0.3 is 5.32 Å². The number of carbonyl (C=O) groups is 1. The van der Waals surface area contributed by atoms with Crippen LogP contribution in [0.25, 0.3) is 11.4 Å². The van der Waals surface area contributed by atoms with E-state index in [-0.39, 0.29) is 5.91 Å². The van der Waals surface area contributed by atoms with Crippen molar-refractivity contribution in [3.8, 4) is 11.4 Å². The Labute approximate surface area is 129 Å². The third kappa shape index (κ3) is 3.50. The van der Waals surface area contributed by atoms with Crippen molar-refractivity contribution in [2.45, 2.75) is 38.5 Å². The predicted octanol–water partition coefficient (Wildman–Crippen LogP) is 2.79. The number of anilines is 1. The van der Waals surface area contributed by atoms with E-state index < -0.39 is 0 Å². The Kier molecular flexibility index (Phi) is 4.46. The zero-order chi connectivity index (χ0) is 15.4. The van der Waals surface area contributed by atoms with Gasteiger partial charge in [0, 0.05) is 24.7 Å². The number of aromatic nitrogens is 4. The standard InChI is InChI=1S/C16H21N5O/c1-21-16(18-19-20-21)13-7-9-14(10-8-13)17-15(22)11-12-5-3-2-4-6-12/h7-10,12H,2-6,11H2,1H3,(H,17,22). The van der Waals surface area contributed by atoms with Gasteiger partial charge >= 0.3 is 0 Å². The van der Waals surface area contributed by atoms with E-state index in [1.54, 1.807) is 11.7 Å². The summed E-state index contributed by atoms with van der Waals surface area (Å²) in [6.07, 6.45) is 6.85. The first-order valence-corrected chi connectivity index (χ1v) is 7.85. The number of hydrogen-bond acceptors (Lipinski definition) is 4. The summed E-state index contributed by atoms with van der Waals surface area (Å²) in [6.45, 7) is 0. The van der Waals surface area contributed by atoms with Crippen molar-refractivity contribution in [3.63, 3.8) is 0 Å². The first-order chi connectivity index (χ1) is 10.7. The molecule has 6 heteroatoms. The molecule has 1 saturated carbocycles. The molecule has 0 spiro atoms. The van der Waals surface area contributed by atoms with Crippen LogP contribution in [0.15, 0.2) is 24.3 Å². The zero-order valence-electron chi connectivity index (χ0n) is 12.8. The van der Waals surface area contributed by atoms with Gasteiger partial charge in [-0.3, -0.25) is 4.79 Å². The highest BCUT2D eigenvalue weighted by Gasteiger charge is 2.17. The second-order valence-corrected chi connectivity index (χ2v) is 5.96. The summed E-state index contributed by atoms with van der Waals surface area (Å²) in [5.74, 6) is 1.37. The lowest BCUT2D eigenvalue weighted by Crippen LogP contribution is -2.18. The Morgan fingerprint density at radius 3 is 2.59 bits per heavy atom. The van der Waals surface area contributed by atoms with Gasteiger partial charge in [-0.25, -0.2) is 4.68 Å². The zero-order valence-corrected chi connectivity index (χ0v) is 12.8. The monoisotopic (exact) mass is 299 g/mol. The lowest BCUT2D eigenvalue weighted by Gasteiger charge is -2.20. The quantitative estimate of drug-likeness (QED) is 0.942. The summed E-state index contributed by atoms with van der Waals surface area (Å²) in [5.41, 5.74) is 1.75. The maximum absolute atomic E-state index is 12.1. The van der Waals surface area contributed by atoms with Crippen molar-refractivity contribution < 1.29 is 4.79 Å². The average Bonchev–Trinajstić information content (AvgIpc) is 2.95. The van der Waals surface area contributed by atoms with Crippen molar-refractivity contribution in [2.24, 2.45) is 13.0 Å². The van der Waals surface area contributed by atoms with E-state index in [2.05, 4.69) is 20.8 Å². The maximum Gasteiger partial charge on any atom is 0.224 e. The molecule has 1 N–H and O–H groups in total. The van der Waals surface area contributed by atoms with Crippen LogP contribution < -0.4 is 5.32 Å². The summed E-state index contributed by atoms with van der Waals surface area (Å²) in [7, 11) is 1.80. The molecule has 3 rings (SSSR count). The highest BCUT2D eigenvalue weighted by atomic mass is 16.1. The van der Waals surface area contributed by atoms with Gasteiger partial charge in [0.1, 0.15) is 0 Å². The lowest BCUT2D eigenvalue weighted by molar-refractivity contribution is -0.117. The molecule has 0 bridgehead atoms. The van der Waals surface area contributed by atoms with E-state index in [1.807, 2.05) is 24.3 Å². The number of tetrazole rings is 1. The lowest BCUT2D eigenvalue weighted by atomic mass is 9.87. The van der Waals surface area contributed by atoms with Crippen molar-refractivity contribution in [1.29, 1.82) is 0 Å². The summed E-state index contributed by atoms with van der Waals surface area (Å²) >= 11 is 0. The molecule has 0 unspecified atom stereocenters. The molecule has 1 aromatic carbocycles. The molecular weight excluding hydrogens is 278 g/mol. The average molecular weight is 299 g/mol. The van der Waals surface area contributed by atoms with Crippen LogP contribution in [-0.2, 0) is 11.8 Å². The van der Waals surface area contributed by atoms with Gasteiger partial charge in [-0.05, 0) is 53.5 Å². The first-order valence-electron chi connectivity index (χ1n) is 7.85. The van der Waals surface area contributed by atoms with E-state index in [4.69, 9.17) is 0 Å². The molecule has 0 radical (unpaired) electrons. The molecule has 1 heterocycles. The van der Waals surface area contributed by atoms with Gasteiger partial charge in [0.05, 0.1) is 0 Å². The Balaban J connectivity index is 1.58. The topological polar surface area (TPSA) is 72.7 Å². The van der Waals surface area contributed by atoms with Crippen LogP contribution in [0.1, 0.15) is 38.5 Å². The smallest absolute Gasteiger partial charge is 0.224 e.